The number of aliphatic imine (C=N–C) groups is 1. The molecule has 1 atom stereocenters. The molecule has 2 heterocycles. The summed E-state index contributed by atoms with van der Waals surface area (Å²) in [6.45, 7) is 0. The molecule has 1 unspecified atom stereocenters. The number of aliphatic carboxylic acids is 1. The zero-order chi connectivity index (χ0) is 13.8. The third kappa shape index (κ3) is 2.83. The summed E-state index contributed by atoms with van der Waals surface area (Å²) in [5.74, 6) is 2.55. The Hall–Kier alpha value is -2.54. The molecule has 19 heavy (non-hydrogen) atoms. The van der Waals surface area contributed by atoms with E-state index in [1.54, 1.807) is 0 Å². The molecule has 0 bridgehead atoms. The standard InChI is InChI=1S/C12H11N3O4/c13-19-12(18)8-2-4-15-10(6-8)9-5-7(11(16)17)1-3-14-9/h1-4,6-7H,5,13H2,(H,16,17). The van der Waals surface area contributed by atoms with Gasteiger partial charge in [-0.15, -0.1) is 0 Å². The molecule has 98 valence electrons. The molecule has 0 aromatic carbocycles. The molecule has 7 nitrogen and oxygen atoms in total. The molecular formula is C12H11N3O4. The second-order valence-electron chi connectivity index (χ2n) is 3.90. The van der Waals surface area contributed by atoms with Crippen LogP contribution in [0.3, 0.4) is 0 Å². The number of carboxylic acids is 1. The van der Waals surface area contributed by atoms with Crippen molar-refractivity contribution in [3.05, 3.63) is 41.9 Å². The quantitative estimate of drug-likeness (QED) is 0.766. The first-order valence-electron chi connectivity index (χ1n) is 5.45. The average Bonchev–Trinajstić information content (AvgIpc) is 2.46. The van der Waals surface area contributed by atoms with Gasteiger partial charge in [0.2, 0.25) is 0 Å². The van der Waals surface area contributed by atoms with Gasteiger partial charge in [0.1, 0.15) is 0 Å². The van der Waals surface area contributed by atoms with Gasteiger partial charge in [0.05, 0.1) is 22.9 Å². The minimum absolute atomic E-state index is 0.222. The number of aromatic nitrogens is 1. The fourth-order valence-corrected chi connectivity index (χ4v) is 1.69. The van der Waals surface area contributed by atoms with Crippen molar-refractivity contribution in [1.82, 2.24) is 4.98 Å². The highest BCUT2D eigenvalue weighted by Crippen LogP contribution is 2.17. The van der Waals surface area contributed by atoms with Crippen LogP contribution in [-0.2, 0) is 9.63 Å². The third-order valence-electron chi connectivity index (χ3n) is 2.68. The smallest absolute Gasteiger partial charge is 0.356 e. The molecule has 3 N–H and O–H groups in total. The third-order valence-corrected chi connectivity index (χ3v) is 2.68. The molecule has 1 aliphatic rings. The molecule has 0 spiro atoms. The molecule has 0 saturated heterocycles. The first kappa shape index (κ1) is 12.9. The fraction of sp³-hybridized carbons (Fsp3) is 0.167. The van der Waals surface area contributed by atoms with Gasteiger partial charge in [-0.1, -0.05) is 6.08 Å². The summed E-state index contributed by atoms with van der Waals surface area (Å²) in [4.78, 5) is 34.5. The predicted octanol–water partition coefficient (Wildman–Crippen LogP) is 0.519. The van der Waals surface area contributed by atoms with Gasteiger partial charge in [-0.2, -0.15) is 5.90 Å². The highest BCUT2D eigenvalue weighted by Gasteiger charge is 2.21. The number of pyridine rings is 1. The Balaban J connectivity index is 2.28. The van der Waals surface area contributed by atoms with Gasteiger partial charge in [0.15, 0.2) is 0 Å². The summed E-state index contributed by atoms with van der Waals surface area (Å²) >= 11 is 0. The Morgan fingerprint density at radius 1 is 1.47 bits per heavy atom. The van der Waals surface area contributed by atoms with Gasteiger partial charge in [0.25, 0.3) is 0 Å². The molecule has 0 aliphatic carbocycles. The molecule has 1 aliphatic heterocycles. The summed E-state index contributed by atoms with van der Waals surface area (Å²) in [6, 6.07) is 2.92. The van der Waals surface area contributed by atoms with Crippen LogP contribution in [0.2, 0.25) is 0 Å². The molecule has 2 rings (SSSR count). The topological polar surface area (TPSA) is 115 Å². The SMILES string of the molecule is NOC(=O)c1ccnc(C2=NC=CC(C(=O)O)C2)c1. The van der Waals surface area contributed by atoms with Gasteiger partial charge in [-0.05, 0) is 12.1 Å². The zero-order valence-corrected chi connectivity index (χ0v) is 9.81. The van der Waals surface area contributed by atoms with Crippen molar-refractivity contribution in [1.29, 1.82) is 0 Å². The number of carbonyl (C=O) groups excluding carboxylic acids is 1. The van der Waals surface area contributed by atoms with E-state index in [0.29, 0.717) is 11.4 Å². The predicted molar refractivity (Wildman–Crippen MR) is 65.3 cm³/mol. The molecule has 1 aromatic rings. The van der Waals surface area contributed by atoms with Crippen LogP contribution in [0.15, 0.2) is 35.6 Å². The Bertz CT molecular complexity index is 580. The van der Waals surface area contributed by atoms with Gasteiger partial charge in [-0.25, -0.2) is 4.79 Å². The molecule has 0 fully saturated rings. The second-order valence-corrected chi connectivity index (χ2v) is 3.90. The van der Waals surface area contributed by atoms with Gasteiger partial charge >= 0.3 is 11.9 Å². The number of rotatable bonds is 3. The lowest BCUT2D eigenvalue weighted by atomic mass is 9.97. The number of hydrogen-bond acceptors (Lipinski definition) is 6. The van der Waals surface area contributed by atoms with Crippen LogP contribution < -0.4 is 5.90 Å². The first-order chi connectivity index (χ1) is 9.11. The molecule has 0 amide bonds. The molecule has 0 radical (unpaired) electrons. The lowest BCUT2D eigenvalue weighted by molar-refractivity contribution is -0.139. The van der Waals surface area contributed by atoms with E-state index in [1.165, 1.54) is 30.6 Å². The van der Waals surface area contributed by atoms with E-state index < -0.39 is 17.9 Å². The van der Waals surface area contributed by atoms with Crippen LogP contribution >= 0.6 is 0 Å². The Morgan fingerprint density at radius 3 is 2.95 bits per heavy atom. The van der Waals surface area contributed by atoms with Crippen LogP contribution in [0.4, 0.5) is 0 Å². The van der Waals surface area contributed by atoms with E-state index in [2.05, 4.69) is 14.8 Å². The van der Waals surface area contributed by atoms with Crippen LogP contribution in [0, 0.1) is 5.92 Å². The lowest BCUT2D eigenvalue weighted by Crippen LogP contribution is -2.20. The zero-order valence-electron chi connectivity index (χ0n) is 9.81. The van der Waals surface area contributed by atoms with E-state index in [-0.39, 0.29) is 12.0 Å². The van der Waals surface area contributed by atoms with Gasteiger partial charge in [-0.3, -0.25) is 14.8 Å². The lowest BCUT2D eigenvalue weighted by Gasteiger charge is -2.13. The van der Waals surface area contributed by atoms with Gasteiger partial charge in [0, 0.05) is 18.8 Å². The minimum atomic E-state index is -0.929. The van der Waals surface area contributed by atoms with Crippen LogP contribution in [-0.4, -0.2) is 27.7 Å². The molecule has 0 saturated carbocycles. The maximum Gasteiger partial charge on any atom is 0.356 e. The Morgan fingerprint density at radius 2 is 2.26 bits per heavy atom. The highest BCUT2D eigenvalue weighted by atomic mass is 16.7. The van der Waals surface area contributed by atoms with Crippen molar-refractivity contribution in [3.63, 3.8) is 0 Å². The Kier molecular flexibility index (Phi) is 3.67. The van der Waals surface area contributed by atoms with Crippen molar-refractivity contribution in [2.24, 2.45) is 16.8 Å². The van der Waals surface area contributed by atoms with Crippen molar-refractivity contribution >= 4 is 17.7 Å². The van der Waals surface area contributed by atoms with E-state index in [0.717, 1.165) is 0 Å². The Labute approximate surface area is 108 Å². The summed E-state index contributed by atoms with van der Waals surface area (Å²) in [6.07, 6.45) is 4.56. The minimum Gasteiger partial charge on any atom is -0.481 e. The number of nitrogens with two attached hydrogens (primary N) is 1. The van der Waals surface area contributed by atoms with Crippen molar-refractivity contribution < 1.29 is 19.5 Å². The van der Waals surface area contributed by atoms with E-state index >= 15 is 0 Å². The van der Waals surface area contributed by atoms with Crippen molar-refractivity contribution in [3.8, 4) is 0 Å². The van der Waals surface area contributed by atoms with Crippen LogP contribution in [0.5, 0.6) is 0 Å². The van der Waals surface area contributed by atoms with Gasteiger partial charge < -0.3 is 9.94 Å². The largest absolute Gasteiger partial charge is 0.481 e. The van der Waals surface area contributed by atoms with E-state index in [1.807, 2.05) is 0 Å². The van der Waals surface area contributed by atoms with Crippen LogP contribution in [0.1, 0.15) is 22.5 Å². The molecular weight excluding hydrogens is 250 g/mol. The molecule has 7 heteroatoms. The number of carbonyl (C=O) groups is 2. The van der Waals surface area contributed by atoms with E-state index in [4.69, 9.17) is 11.0 Å². The van der Waals surface area contributed by atoms with Crippen molar-refractivity contribution in [2.45, 2.75) is 6.42 Å². The monoisotopic (exact) mass is 261 g/mol. The van der Waals surface area contributed by atoms with Crippen LogP contribution in [0.25, 0.3) is 0 Å². The summed E-state index contributed by atoms with van der Waals surface area (Å²) in [5, 5.41) is 8.97. The number of carboxylic acid groups (broad SMARTS) is 1. The van der Waals surface area contributed by atoms with E-state index in [9.17, 15) is 9.59 Å². The maximum absolute atomic E-state index is 11.3. The normalized spacial score (nSPS) is 17.7. The summed E-state index contributed by atoms with van der Waals surface area (Å²) in [7, 11) is 0. The summed E-state index contributed by atoms with van der Waals surface area (Å²) < 4.78 is 0. The maximum atomic E-state index is 11.3. The fourth-order valence-electron chi connectivity index (χ4n) is 1.69. The van der Waals surface area contributed by atoms with Crippen molar-refractivity contribution in [2.75, 3.05) is 0 Å². The first-order valence-corrected chi connectivity index (χ1v) is 5.45. The average molecular weight is 261 g/mol. The second kappa shape index (κ2) is 5.40. The summed E-state index contributed by atoms with van der Waals surface area (Å²) in [5.41, 5.74) is 1.16. The number of nitrogens with zero attached hydrogens (tertiary/aromatic N) is 2. The highest BCUT2D eigenvalue weighted by molar-refractivity contribution is 6.03. The molecule has 1 aromatic heterocycles. The number of hydrogen-bond donors (Lipinski definition) is 2.